The third kappa shape index (κ3) is 2.05. The van der Waals surface area contributed by atoms with Crippen molar-refractivity contribution in [3.63, 3.8) is 0 Å². The fourth-order valence-electron chi connectivity index (χ4n) is 3.05. The van der Waals surface area contributed by atoms with E-state index >= 15 is 0 Å². The number of rotatable bonds is 1. The second-order valence-corrected chi connectivity index (χ2v) is 7.01. The Morgan fingerprint density at radius 3 is 2.27 bits per heavy atom. The van der Waals surface area contributed by atoms with Gasteiger partial charge >= 0.3 is 0 Å². The third-order valence-corrected chi connectivity index (χ3v) is 5.47. The van der Waals surface area contributed by atoms with Gasteiger partial charge in [-0.2, -0.15) is 0 Å². The van der Waals surface area contributed by atoms with Crippen molar-refractivity contribution in [2.24, 2.45) is 11.1 Å². The van der Waals surface area contributed by atoms with E-state index in [9.17, 15) is 8.42 Å². The normalized spacial score (nSPS) is 32.3. The van der Waals surface area contributed by atoms with Gasteiger partial charge in [0.25, 0.3) is 0 Å². The molecule has 1 unspecified atom stereocenters. The van der Waals surface area contributed by atoms with Gasteiger partial charge in [-0.15, -0.1) is 0 Å². The summed E-state index contributed by atoms with van der Waals surface area (Å²) in [4.78, 5) is 0. The van der Waals surface area contributed by atoms with Crippen LogP contribution in [-0.2, 0) is 10.0 Å². The van der Waals surface area contributed by atoms with Gasteiger partial charge < -0.3 is 5.73 Å². The number of nitrogens with two attached hydrogens (primary N) is 1. The first-order chi connectivity index (χ1) is 6.94. The molecule has 1 atom stereocenters. The quantitative estimate of drug-likeness (QED) is 0.717. The zero-order chi connectivity index (χ0) is 11.1. The maximum Gasteiger partial charge on any atom is 0.211 e. The summed E-state index contributed by atoms with van der Waals surface area (Å²) in [5.74, 6) is 0. The van der Waals surface area contributed by atoms with Crippen LogP contribution in [-0.4, -0.2) is 38.1 Å². The fourth-order valence-corrected chi connectivity index (χ4v) is 3.90. The van der Waals surface area contributed by atoms with Gasteiger partial charge in [0.15, 0.2) is 0 Å². The summed E-state index contributed by atoms with van der Waals surface area (Å²) in [6.07, 6.45) is 6.69. The molecule has 1 aliphatic heterocycles. The van der Waals surface area contributed by atoms with Crippen molar-refractivity contribution in [2.75, 3.05) is 19.3 Å². The minimum atomic E-state index is -3.00. The van der Waals surface area contributed by atoms with Crippen molar-refractivity contribution in [2.45, 2.75) is 38.1 Å². The van der Waals surface area contributed by atoms with Crippen molar-refractivity contribution < 1.29 is 8.42 Å². The molecule has 1 saturated heterocycles. The zero-order valence-electron chi connectivity index (χ0n) is 9.28. The van der Waals surface area contributed by atoms with E-state index < -0.39 is 10.0 Å². The summed E-state index contributed by atoms with van der Waals surface area (Å²) in [7, 11) is -3.00. The van der Waals surface area contributed by atoms with Crippen LogP contribution in [0.1, 0.15) is 32.1 Å². The summed E-state index contributed by atoms with van der Waals surface area (Å²) >= 11 is 0. The van der Waals surface area contributed by atoms with Crippen LogP contribution in [0.5, 0.6) is 0 Å². The van der Waals surface area contributed by atoms with Crippen LogP contribution in [0.15, 0.2) is 0 Å². The maximum absolute atomic E-state index is 11.4. The molecular formula is C10H20N2O2S. The molecule has 2 aliphatic rings. The number of piperidine rings is 1. The highest BCUT2D eigenvalue weighted by Gasteiger charge is 2.43. The average molecular weight is 232 g/mol. The largest absolute Gasteiger partial charge is 0.327 e. The molecule has 2 fully saturated rings. The van der Waals surface area contributed by atoms with Crippen LogP contribution in [0.3, 0.4) is 0 Å². The van der Waals surface area contributed by atoms with Crippen LogP contribution in [0, 0.1) is 5.41 Å². The molecule has 0 amide bonds. The summed E-state index contributed by atoms with van der Waals surface area (Å²) in [5.41, 5.74) is 6.38. The van der Waals surface area contributed by atoms with Gasteiger partial charge in [0.05, 0.1) is 6.26 Å². The second kappa shape index (κ2) is 3.71. The van der Waals surface area contributed by atoms with Gasteiger partial charge in [0, 0.05) is 19.1 Å². The van der Waals surface area contributed by atoms with E-state index in [4.69, 9.17) is 5.73 Å². The summed E-state index contributed by atoms with van der Waals surface area (Å²) < 4.78 is 24.3. The molecule has 88 valence electrons. The Labute approximate surface area is 91.9 Å². The van der Waals surface area contributed by atoms with Crippen LogP contribution < -0.4 is 5.73 Å². The molecule has 15 heavy (non-hydrogen) atoms. The van der Waals surface area contributed by atoms with E-state index in [-0.39, 0.29) is 5.41 Å². The molecule has 4 nitrogen and oxygen atoms in total. The zero-order valence-corrected chi connectivity index (χ0v) is 10.1. The van der Waals surface area contributed by atoms with Gasteiger partial charge in [0.1, 0.15) is 0 Å². The Hall–Kier alpha value is -0.130. The molecule has 0 radical (unpaired) electrons. The first kappa shape index (κ1) is 11.4. The van der Waals surface area contributed by atoms with Gasteiger partial charge in [0.2, 0.25) is 10.0 Å². The Kier molecular flexibility index (Phi) is 2.81. The van der Waals surface area contributed by atoms with E-state index in [1.807, 2.05) is 0 Å². The molecule has 1 spiro atoms. The van der Waals surface area contributed by atoms with E-state index in [0.717, 1.165) is 19.3 Å². The second-order valence-electron chi connectivity index (χ2n) is 5.02. The lowest BCUT2D eigenvalue weighted by Gasteiger charge is -2.41. The Morgan fingerprint density at radius 2 is 1.87 bits per heavy atom. The lowest BCUT2D eigenvalue weighted by molar-refractivity contribution is 0.141. The lowest BCUT2D eigenvalue weighted by Crippen LogP contribution is -2.48. The van der Waals surface area contributed by atoms with Crippen LogP contribution in [0.25, 0.3) is 0 Å². The molecule has 5 heteroatoms. The fraction of sp³-hybridized carbons (Fsp3) is 1.00. The smallest absolute Gasteiger partial charge is 0.211 e. The maximum atomic E-state index is 11.4. The SMILES string of the molecule is CS(=O)(=O)N1CCC2(CCCC2N)CC1. The van der Waals surface area contributed by atoms with E-state index in [0.29, 0.717) is 19.1 Å². The van der Waals surface area contributed by atoms with Crippen molar-refractivity contribution in [3.8, 4) is 0 Å². The molecule has 0 aromatic carbocycles. The first-order valence-electron chi connectivity index (χ1n) is 5.65. The van der Waals surface area contributed by atoms with E-state index in [1.165, 1.54) is 19.1 Å². The molecule has 0 aromatic heterocycles. The van der Waals surface area contributed by atoms with Crippen molar-refractivity contribution in [1.82, 2.24) is 4.31 Å². The summed E-state index contributed by atoms with van der Waals surface area (Å²) in [6.45, 7) is 1.32. The number of hydrogen-bond acceptors (Lipinski definition) is 3. The third-order valence-electron chi connectivity index (χ3n) is 4.16. The molecule has 2 N–H and O–H groups in total. The monoisotopic (exact) mass is 232 g/mol. The standard InChI is InChI=1S/C10H20N2O2S/c1-15(13,14)12-7-5-10(6-8-12)4-2-3-9(10)11/h9H,2-8,11H2,1H3. The summed E-state index contributed by atoms with van der Waals surface area (Å²) in [5, 5.41) is 0. The molecule has 0 aromatic rings. The lowest BCUT2D eigenvalue weighted by atomic mass is 9.75. The van der Waals surface area contributed by atoms with Crippen LogP contribution >= 0.6 is 0 Å². The highest BCUT2D eigenvalue weighted by Crippen LogP contribution is 2.45. The topological polar surface area (TPSA) is 63.4 Å². The minimum Gasteiger partial charge on any atom is -0.327 e. The minimum absolute atomic E-state index is 0.251. The van der Waals surface area contributed by atoms with Crippen LogP contribution in [0.4, 0.5) is 0 Å². The van der Waals surface area contributed by atoms with E-state index in [1.54, 1.807) is 4.31 Å². The number of hydrogen-bond donors (Lipinski definition) is 1. The Bertz CT molecular complexity index is 331. The molecule has 1 saturated carbocycles. The predicted molar refractivity (Wildman–Crippen MR) is 59.9 cm³/mol. The number of sulfonamides is 1. The number of nitrogens with zero attached hydrogens (tertiary/aromatic N) is 1. The first-order valence-corrected chi connectivity index (χ1v) is 7.50. The Morgan fingerprint density at radius 1 is 1.27 bits per heavy atom. The molecular weight excluding hydrogens is 212 g/mol. The van der Waals surface area contributed by atoms with Crippen molar-refractivity contribution >= 4 is 10.0 Å². The predicted octanol–water partition coefficient (Wildman–Crippen LogP) is 0.539. The highest BCUT2D eigenvalue weighted by atomic mass is 32.2. The molecule has 1 heterocycles. The van der Waals surface area contributed by atoms with Gasteiger partial charge in [-0.1, -0.05) is 6.42 Å². The van der Waals surface area contributed by atoms with E-state index in [2.05, 4.69) is 0 Å². The van der Waals surface area contributed by atoms with Gasteiger partial charge in [-0.25, -0.2) is 12.7 Å². The van der Waals surface area contributed by atoms with Gasteiger partial charge in [-0.3, -0.25) is 0 Å². The molecule has 1 aliphatic carbocycles. The van der Waals surface area contributed by atoms with Crippen molar-refractivity contribution in [1.29, 1.82) is 0 Å². The Balaban J connectivity index is 2.03. The highest BCUT2D eigenvalue weighted by molar-refractivity contribution is 7.88. The summed E-state index contributed by atoms with van der Waals surface area (Å²) in [6, 6.07) is 0.291. The van der Waals surface area contributed by atoms with Crippen LogP contribution in [0.2, 0.25) is 0 Å². The van der Waals surface area contributed by atoms with Gasteiger partial charge in [-0.05, 0) is 31.1 Å². The molecule has 2 rings (SSSR count). The average Bonchev–Trinajstić information content (AvgIpc) is 2.48. The van der Waals surface area contributed by atoms with Crippen molar-refractivity contribution in [3.05, 3.63) is 0 Å². The molecule has 0 bridgehead atoms.